The highest BCUT2D eigenvalue weighted by Gasteiger charge is 2.53. The van der Waals surface area contributed by atoms with Gasteiger partial charge in [-0.05, 0) is 80.9 Å². The molecular weight excluding hydrogens is 586 g/mol. The van der Waals surface area contributed by atoms with E-state index in [0.717, 1.165) is 88.8 Å². The molecule has 46 heavy (non-hydrogen) atoms. The van der Waals surface area contributed by atoms with Gasteiger partial charge in [-0.1, -0.05) is 19.1 Å². The van der Waals surface area contributed by atoms with Crippen LogP contribution in [0, 0.1) is 36.0 Å². The van der Waals surface area contributed by atoms with Crippen LogP contribution in [-0.2, 0) is 23.1 Å². The quantitative estimate of drug-likeness (QED) is 0.256. The molecule has 1 aromatic heterocycles. The number of rotatable bonds is 10. The van der Waals surface area contributed by atoms with Crippen molar-refractivity contribution in [3.63, 3.8) is 0 Å². The van der Waals surface area contributed by atoms with Crippen LogP contribution in [-0.4, -0.2) is 66.4 Å². The number of anilines is 1. The van der Waals surface area contributed by atoms with Gasteiger partial charge in [0, 0.05) is 81.0 Å². The van der Waals surface area contributed by atoms with Gasteiger partial charge < -0.3 is 24.4 Å². The Bertz CT molecular complexity index is 1520. The fourth-order valence-electron chi connectivity index (χ4n) is 8.48. The molecule has 6 rings (SSSR count). The van der Waals surface area contributed by atoms with Crippen LogP contribution in [0.25, 0.3) is 4.85 Å². The Hall–Kier alpha value is -3.97. The Kier molecular flexibility index (Phi) is 9.60. The molecule has 2 aliphatic heterocycles. The number of ether oxygens (including phenoxy) is 1. The molecule has 2 saturated heterocycles. The first-order chi connectivity index (χ1) is 22.3. The highest BCUT2D eigenvalue weighted by Crippen LogP contribution is 2.52. The van der Waals surface area contributed by atoms with Crippen LogP contribution in [0.15, 0.2) is 54.9 Å². The van der Waals surface area contributed by atoms with E-state index < -0.39 is 23.1 Å². The van der Waals surface area contributed by atoms with Gasteiger partial charge in [-0.15, -0.1) is 0 Å². The third-order valence-corrected chi connectivity index (χ3v) is 10.7. The second-order valence-electron chi connectivity index (χ2n) is 13.2. The minimum atomic E-state index is -0.667. The summed E-state index contributed by atoms with van der Waals surface area (Å²) in [6, 6.07) is 11.8. The maximum absolute atomic E-state index is 15.1. The normalized spacial score (nSPS) is 22.2. The van der Waals surface area contributed by atoms with E-state index >= 15 is 8.78 Å². The summed E-state index contributed by atoms with van der Waals surface area (Å²) in [5.41, 5.74) is 1.80. The number of aryl methyl sites for hydroxylation is 1. The average Bonchev–Trinajstić information content (AvgIpc) is 3.70. The standard InChI is InChI=1S/C36H44F2N6O2/c1-4-34-41-14-17-43(34)24-36(27-18-28(37)20-29(38)19-27,32-6-5-7-33(32)46-35(45)40-3)26-12-15-42(16-13-26)21-25-22-44(23-25)31-10-8-30(39-2)9-11-31/h8-11,14,17-20,25-26,32-33H,4-7,12-13,15-16,21-24H2,1,3H3,(H,40,45)/t32-,33-,36?/m1/s1. The summed E-state index contributed by atoms with van der Waals surface area (Å²) in [5.74, 6) is 0.339. The number of benzene rings is 2. The molecule has 1 aliphatic carbocycles. The van der Waals surface area contributed by atoms with E-state index in [1.807, 2.05) is 30.5 Å². The Labute approximate surface area is 270 Å². The minimum absolute atomic E-state index is 0.107. The number of amides is 1. The topological polar surface area (TPSA) is 67.0 Å². The zero-order valence-corrected chi connectivity index (χ0v) is 26.8. The molecule has 8 nitrogen and oxygen atoms in total. The van der Waals surface area contributed by atoms with Crippen LogP contribution < -0.4 is 10.2 Å². The molecule has 244 valence electrons. The number of hydrogen-bond donors (Lipinski definition) is 1. The predicted molar refractivity (Wildman–Crippen MR) is 174 cm³/mol. The molecule has 3 aliphatic rings. The number of carbonyl (C=O) groups is 1. The summed E-state index contributed by atoms with van der Waals surface area (Å²) >= 11 is 0. The lowest BCUT2D eigenvalue weighted by Crippen LogP contribution is -2.55. The van der Waals surface area contributed by atoms with Crippen molar-refractivity contribution in [2.45, 2.75) is 63.5 Å². The lowest BCUT2D eigenvalue weighted by molar-refractivity contribution is 0.00147. The molecule has 3 fully saturated rings. The summed E-state index contributed by atoms with van der Waals surface area (Å²) in [4.78, 5) is 25.5. The summed E-state index contributed by atoms with van der Waals surface area (Å²) in [5, 5.41) is 2.60. The highest BCUT2D eigenvalue weighted by molar-refractivity contribution is 5.67. The number of halogens is 2. The summed E-state index contributed by atoms with van der Waals surface area (Å²) in [6.07, 6.45) is 7.86. The molecule has 10 heteroatoms. The number of imidazole rings is 1. The molecule has 0 radical (unpaired) electrons. The van der Waals surface area contributed by atoms with Crippen LogP contribution in [0.4, 0.5) is 25.0 Å². The minimum Gasteiger partial charge on any atom is -0.446 e. The van der Waals surface area contributed by atoms with Crippen molar-refractivity contribution >= 4 is 17.5 Å². The fourth-order valence-corrected chi connectivity index (χ4v) is 8.48. The van der Waals surface area contributed by atoms with Gasteiger partial charge in [-0.25, -0.2) is 23.4 Å². The van der Waals surface area contributed by atoms with Crippen molar-refractivity contribution in [2.75, 3.05) is 44.7 Å². The Morgan fingerprint density at radius 1 is 1.09 bits per heavy atom. The molecule has 1 N–H and O–H groups in total. The number of nitrogens with zero attached hydrogens (tertiary/aromatic N) is 5. The van der Waals surface area contributed by atoms with Crippen molar-refractivity contribution in [1.82, 2.24) is 19.8 Å². The van der Waals surface area contributed by atoms with E-state index in [2.05, 4.69) is 36.4 Å². The van der Waals surface area contributed by atoms with E-state index in [4.69, 9.17) is 11.3 Å². The third-order valence-electron chi connectivity index (χ3n) is 10.7. The van der Waals surface area contributed by atoms with Crippen LogP contribution in [0.3, 0.4) is 0 Å². The monoisotopic (exact) mass is 630 g/mol. The van der Waals surface area contributed by atoms with Crippen molar-refractivity contribution in [3.05, 3.63) is 89.3 Å². The number of piperidine rings is 1. The smallest absolute Gasteiger partial charge is 0.407 e. The number of aromatic nitrogens is 2. The number of nitrogens with one attached hydrogen (secondary N) is 1. The van der Waals surface area contributed by atoms with Crippen molar-refractivity contribution in [1.29, 1.82) is 0 Å². The van der Waals surface area contributed by atoms with Gasteiger partial charge in [0.1, 0.15) is 23.6 Å². The number of likely N-dealkylation sites (tertiary alicyclic amines) is 1. The van der Waals surface area contributed by atoms with E-state index in [1.54, 1.807) is 13.2 Å². The van der Waals surface area contributed by atoms with E-state index in [1.165, 1.54) is 12.1 Å². The van der Waals surface area contributed by atoms with Crippen molar-refractivity contribution in [3.8, 4) is 0 Å². The first-order valence-electron chi connectivity index (χ1n) is 16.6. The SMILES string of the molecule is [C-]#[N+]c1ccc(N2CC(CN3CCC(C(Cn4ccnc4CC)(c4cc(F)cc(F)c4)[C@@H]4CCC[C@H]4OC(=O)NC)CC3)C2)cc1. The van der Waals surface area contributed by atoms with Gasteiger partial charge in [-0.2, -0.15) is 0 Å². The maximum atomic E-state index is 15.1. The van der Waals surface area contributed by atoms with Crippen LogP contribution in [0.5, 0.6) is 0 Å². The fraction of sp³-hybridized carbons (Fsp3) is 0.528. The Morgan fingerprint density at radius 3 is 2.46 bits per heavy atom. The van der Waals surface area contributed by atoms with Crippen molar-refractivity contribution in [2.24, 2.45) is 17.8 Å². The van der Waals surface area contributed by atoms with E-state index in [9.17, 15) is 4.79 Å². The first-order valence-corrected chi connectivity index (χ1v) is 16.6. The van der Waals surface area contributed by atoms with E-state index in [0.29, 0.717) is 23.7 Å². The molecule has 1 saturated carbocycles. The number of alkyl carbamates (subject to hydrolysis) is 1. The zero-order chi connectivity index (χ0) is 32.3. The molecule has 0 bridgehead atoms. The van der Waals surface area contributed by atoms with E-state index in [-0.39, 0.29) is 17.9 Å². The maximum Gasteiger partial charge on any atom is 0.407 e. The van der Waals surface area contributed by atoms with Crippen molar-refractivity contribution < 1.29 is 18.3 Å². The molecule has 1 amide bonds. The number of hydrogen-bond acceptors (Lipinski definition) is 5. The van der Waals surface area contributed by atoms with Gasteiger partial charge in [0.2, 0.25) is 0 Å². The largest absolute Gasteiger partial charge is 0.446 e. The second-order valence-corrected chi connectivity index (χ2v) is 13.2. The molecular formula is C36H44F2N6O2. The highest BCUT2D eigenvalue weighted by atomic mass is 19.1. The molecule has 3 atom stereocenters. The third kappa shape index (κ3) is 6.48. The van der Waals surface area contributed by atoms with Gasteiger partial charge in [-0.3, -0.25) is 0 Å². The predicted octanol–water partition coefficient (Wildman–Crippen LogP) is 6.59. The van der Waals surface area contributed by atoms with Crippen LogP contribution >= 0.6 is 0 Å². The lowest BCUT2D eigenvalue weighted by Gasteiger charge is -2.51. The summed E-state index contributed by atoms with van der Waals surface area (Å²) in [6.45, 7) is 14.6. The summed E-state index contributed by atoms with van der Waals surface area (Å²) in [7, 11) is 1.56. The van der Waals surface area contributed by atoms with Crippen LogP contribution in [0.2, 0.25) is 0 Å². The molecule has 3 heterocycles. The number of carbonyl (C=O) groups excluding carboxylic acids is 1. The van der Waals surface area contributed by atoms with Gasteiger partial charge >= 0.3 is 6.09 Å². The Balaban J connectivity index is 1.26. The molecule has 0 spiro atoms. The lowest BCUT2D eigenvalue weighted by atomic mass is 9.58. The zero-order valence-electron chi connectivity index (χ0n) is 26.8. The second kappa shape index (κ2) is 13.8. The molecule has 2 aromatic carbocycles. The Morgan fingerprint density at radius 2 is 1.80 bits per heavy atom. The van der Waals surface area contributed by atoms with Crippen LogP contribution in [0.1, 0.15) is 50.4 Å². The first kappa shape index (κ1) is 32.0. The summed E-state index contributed by atoms with van der Waals surface area (Å²) < 4.78 is 38.3. The molecule has 3 aromatic rings. The molecule has 1 unspecified atom stereocenters. The van der Waals surface area contributed by atoms with Gasteiger partial charge in [0.25, 0.3) is 0 Å². The average molecular weight is 631 g/mol. The van der Waals surface area contributed by atoms with Gasteiger partial charge in [0.15, 0.2) is 5.69 Å². The van der Waals surface area contributed by atoms with Gasteiger partial charge in [0.05, 0.1) is 6.57 Å².